The Morgan fingerprint density at radius 2 is 2.21 bits per heavy atom. The van der Waals surface area contributed by atoms with Crippen LogP contribution in [-0.2, 0) is 24.1 Å². The maximum absolute atomic E-state index is 12.3. The Bertz CT molecular complexity index is 737. The molecule has 4 rings (SSSR count). The molecule has 1 unspecified atom stereocenters. The van der Waals surface area contributed by atoms with Crippen molar-refractivity contribution in [2.24, 2.45) is 0 Å². The number of amides is 1. The van der Waals surface area contributed by atoms with Gasteiger partial charge in [0.05, 0.1) is 12.1 Å². The summed E-state index contributed by atoms with van der Waals surface area (Å²) in [6.45, 7) is 0.955. The Morgan fingerprint density at radius 1 is 1.29 bits per heavy atom. The average molecular weight is 328 g/mol. The van der Waals surface area contributed by atoms with E-state index in [1.165, 1.54) is 12.0 Å². The fourth-order valence-corrected chi connectivity index (χ4v) is 3.22. The smallest absolute Gasteiger partial charge is 0.255 e. The van der Waals surface area contributed by atoms with E-state index in [1.54, 1.807) is 6.20 Å². The number of carbonyl (C=O) groups is 1. The van der Waals surface area contributed by atoms with Crippen molar-refractivity contribution in [3.8, 4) is 0 Å². The zero-order chi connectivity index (χ0) is 16.4. The van der Waals surface area contributed by atoms with Crippen molar-refractivity contribution in [1.82, 2.24) is 20.4 Å². The first kappa shape index (κ1) is 15.3. The lowest BCUT2D eigenvalue weighted by atomic mass is 9.95. The van der Waals surface area contributed by atoms with Crippen LogP contribution in [0.1, 0.15) is 65.1 Å². The maximum Gasteiger partial charge on any atom is 0.255 e. The topological polar surface area (TPSA) is 90.1 Å². The van der Waals surface area contributed by atoms with E-state index >= 15 is 0 Å². The van der Waals surface area contributed by atoms with E-state index in [0.29, 0.717) is 17.3 Å². The van der Waals surface area contributed by atoms with E-state index < -0.39 is 0 Å². The van der Waals surface area contributed by atoms with Gasteiger partial charge in [-0.3, -0.25) is 9.78 Å². The summed E-state index contributed by atoms with van der Waals surface area (Å²) in [6, 6.07) is 1.95. The Kier molecular flexibility index (Phi) is 4.25. The summed E-state index contributed by atoms with van der Waals surface area (Å²) >= 11 is 0. The molecule has 1 aliphatic carbocycles. The predicted octanol–water partition coefficient (Wildman–Crippen LogP) is 2.12. The van der Waals surface area contributed by atoms with Crippen molar-refractivity contribution in [3.63, 3.8) is 0 Å². The molecular weight excluding hydrogens is 308 g/mol. The van der Waals surface area contributed by atoms with Crippen LogP contribution in [0.2, 0.25) is 0 Å². The lowest BCUT2D eigenvalue weighted by Crippen LogP contribution is -2.24. The van der Waals surface area contributed by atoms with Crippen LogP contribution in [0.5, 0.6) is 0 Å². The van der Waals surface area contributed by atoms with Crippen molar-refractivity contribution >= 4 is 5.91 Å². The van der Waals surface area contributed by atoms with Gasteiger partial charge in [0.1, 0.15) is 6.10 Å². The number of fused-ring (bicyclic) bond motifs is 1. The van der Waals surface area contributed by atoms with Gasteiger partial charge in [0, 0.05) is 18.5 Å². The quantitative estimate of drug-likeness (QED) is 0.924. The molecule has 0 spiro atoms. The van der Waals surface area contributed by atoms with Crippen molar-refractivity contribution in [1.29, 1.82) is 0 Å². The lowest BCUT2D eigenvalue weighted by Gasteiger charge is -2.15. The zero-order valence-electron chi connectivity index (χ0n) is 13.5. The van der Waals surface area contributed by atoms with E-state index in [1.807, 2.05) is 6.07 Å². The molecule has 3 heterocycles. The van der Waals surface area contributed by atoms with Gasteiger partial charge >= 0.3 is 0 Å². The molecule has 1 N–H and O–H groups in total. The summed E-state index contributed by atoms with van der Waals surface area (Å²) in [5, 5.41) is 6.72. The van der Waals surface area contributed by atoms with E-state index in [9.17, 15) is 4.79 Å². The summed E-state index contributed by atoms with van der Waals surface area (Å²) in [6.07, 6.45) is 7.79. The predicted molar refractivity (Wildman–Crippen MR) is 84.3 cm³/mol. The molecule has 7 nitrogen and oxygen atoms in total. The number of nitrogens with one attached hydrogen (secondary N) is 1. The summed E-state index contributed by atoms with van der Waals surface area (Å²) in [7, 11) is 0. The van der Waals surface area contributed by atoms with Crippen LogP contribution >= 0.6 is 0 Å². The van der Waals surface area contributed by atoms with Gasteiger partial charge in [-0.2, -0.15) is 4.98 Å². The summed E-state index contributed by atoms with van der Waals surface area (Å²) < 4.78 is 10.7. The van der Waals surface area contributed by atoms with Crippen LogP contribution in [0.15, 0.2) is 16.8 Å². The fourth-order valence-electron chi connectivity index (χ4n) is 3.22. The molecule has 0 aromatic carbocycles. The largest absolute Gasteiger partial charge is 0.368 e. The third-order valence-corrected chi connectivity index (χ3v) is 4.53. The first-order chi connectivity index (χ1) is 11.8. The molecule has 0 saturated carbocycles. The van der Waals surface area contributed by atoms with Crippen molar-refractivity contribution < 1.29 is 14.1 Å². The SMILES string of the molecule is O=C(NCc1noc(C2CCCO2)n1)c1cnc2c(c1)CCCC2. The molecule has 126 valence electrons. The minimum absolute atomic E-state index is 0.105. The highest BCUT2D eigenvalue weighted by atomic mass is 16.5. The molecule has 2 aromatic heterocycles. The van der Waals surface area contributed by atoms with Crippen molar-refractivity contribution in [3.05, 3.63) is 40.8 Å². The number of pyridine rings is 1. The van der Waals surface area contributed by atoms with Crippen LogP contribution < -0.4 is 5.32 Å². The van der Waals surface area contributed by atoms with Crippen LogP contribution in [-0.4, -0.2) is 27.6 Å². The monoisotopic (exact) mass is 328 g/mol. The van der Waals surface area contributed by atoms with Crippen LogP contribution in [0.3, 0.4) is 0 Å². The maximum atomic E-state index is 12.3. The second kappa shape index (κ2) is 6.68. The van der Waals surface area contributed by atoms with Gasteiger partial charge in [0.2, 0.25) is 0 Å². The first-order valence-corrected chi connectivity index (χ1v) is 8.49. The van der Waals surface area contributed by atoms with Gasteiger partial charge in [0.25, 0.3) is 11.8 Å². The average Bonchev–Trinajstić information content (AvgIpc) is 3.30. The second-order valence-electron chi connectivity index (χ2n) is 6.27. The second-order valence-corrected chi connectivity index (χ2v) is 6.27. The molecular formula is C17H20N4O3. The highest BCUT2D eigenvalue weighted by Gasteiger charge is 2.24. The Labute approximate surface area is 139 Å². The number of aryl methyl sites for hydroxylation is 2. The Hall–Kier alpha value is -2.28. The van der Waals surface area contributed by atoms with Gasteiger partial charge in [-0.25, -0.2) is 0 Å². The number of rotatable bonds is 4. The van der Waals surface area contributed by atoms with E-state index in [2.05, 4.69) is 20.4 Å². The molecule has 24 heavy (non-hydrogen) atoms. The Balaban J connectivity index is 1.38. The van der Waals surface area contributed by atoms with Crippen molar-refractivity contribution in [2.45, 2.75) is 51.2 Å². The normalized spacial score (nSPS) is 19.9. The molecule has 7 heteroatoms. The number of nitrogens with zero attached hydrogens (tertiary/aromatic N) is 3. The van der Waals surface area contributed by atoms with Gasteiger partial charge in [-0.15, -0.1) is 0 Å². The van der Waals surface area contributed by atoms with E-state index in [0.717, 1.165) is 44.4 Å². The molecule has 1 aliphatic heterocycles. The molecule has 1 fully saturated rings. The molecule has 1 saturated heterocycles. The zero-order valence-corrected chi connectivity index (χ0v) is 13.5. The number of ether oxygens (including phenoxy) is 1. The fraction of sp³-hybridized carbons (Fsp3) is 0.529. The number of aromatic nitrogens is 3. The van der Waals surface area contributed by atoms with E-state index in [-0.39, 0.29) is 18.6 Å². The van der Waals surface area contributed by atoms with Crippen LogP contribution in [0.4, 0.5) is 0 Å². The molecule has 1 atom stereocenters. The molecule has 2 aromatic rings. The third-order valence-electron chi connectivity index (χ3n) is 4.53. The Morgan fingerprint density at radius 3 is 3.08 bits per heavy atom. The summed E-state index contributed by atoms with van der Waals surface area (Å²) in [4.78, 5) is 21.0. The molecule has 0 radical (unpaired) electrons. The molecule has 2 aliphatic rings. The number of hydrogen-bond donors (Lipinski definition) is 1. The standard InChI is InChI=1S/C17H20N4O3/c22-16(12-8-11-4-1-2-5-13(11)18-9-12)19-10-15-20-17(24-21-15)14-6-3-7-23-14/h8-9,14H,1-7,10H2,(H,19,22). The summed E-state index contributed by atoms with van der Waals surface area (Å²) in [5.41, 5.74) is 2.89. The lowest BCUT2D eigenvalue weighted by molar-refractivity contribution is 0.0835. The summed E-state index contributed by atoms with van der Waals surface area (Å²) in [5.74, 6) is 0.784. The van der Waals surface area contributed by atoms with Crippen molar-refractivity contribution in [2.75, 3.05) is 6.61 Å². The van der Waals surface area contributed by atoms with Crippen LogP contribution in [0.25, 0.3) is 0 Å². The minimum Gasteiger partial charge on any atom is -0.368 e. The highest BCUT2D eigenvalue weighted by Crippen LogP contribution is 2.26. The van der Waals surface area contributed by atoms with Crippen LogP contribution in [0, 0.1) is 0 Å². The number of carbonyl (C=O) groups excluding carboxylic acids is 1. The first-order valence-electron chi connectivity index (χ1n) is 8.49. The third kappa shape index (κ3) is 3.17. The van der Waals surface area contributed by atoms with Gasteiger partial charge in [-0.05, 0) is 50.2 Å². The van der Waals surface area contributed by atoms with Gasteiger partial charge in [0.15, 0.2) is 5.82 Å². The van der Waals surface area contributed by atoms with E-state index in [4.69, 9.17) is 9.26 Å². The number of hydrogen-bond acceptors (Lipinski definition) is 6. The molecule has 0 bridgehead atoms. The van der Waals surface area contributed by atoms with Gasteiger partial charge < -0.3 is 14.6 Å². The highest BCUT2D eigenvalue weighted by molar-refractivity contribution is 5.94. The van der Waals surface area contributed by atoms with Gasteiger partial charge in [-0.1, -0.05) is 5.16 Å². The molecule has 1 amide bonds. The minimum atomic E-state index is -0.167.